The van der Waals surface area contributed by atoms with Crippen molar-refractivity contribution in [2.24, 2.45) is 0 Å². The highest BCUT2D eigenvalue weighted by atomic mass is 19.1. The van der Waals surface area contributed by atoms with E-state index in [0.717, 1.165) is 18.7 Å². The number of aromatic nitrogens is 1. The van der Waals surface area contributed by atoms with Crippen LogP contribution in [0.3, 0.4) is 0 Å². The van der Waals surface area contributed by atoms with Crippen molar-refractivity contribution in [1.82, 2.24) is 4.98 Å². The molecule has 0 N–H and O–H groups in total. The fourth-order valence-corrected chi connectivity index (χ4v) is 0.775. The van der Waals surface area contributed by atoms with Crippen LogP contribution < -0.4 is 0 Å². The summed E-state index contributed by atoms with van der Waals surface area (Å²) in [6.07, 6.45) is 1.92. The normalized spacial score (nSPS) is 9.69. The lowest BCUT2D eigenvalue weighted by Crippen LogP contribution is -2.06. The van der Waals surface area contributed by atoms with Gasteiger partial charge in [0.25, 0.3) is 0 Å². The van der Waals surface area contributed by atoms with Crippen LogP contribution in [-0.4, -0.2) is 17.6 Å². The number of carbonyl (C=O) groups is 1. The summed E-state index contributed by atoms with van der Waals surface area (Å²) in [6, 6.07) is 2.48. The number of hydrogen-bond acceptors (Lipinski definition) is 3. The molecular weight excluding hydrogens is 173 g/mol. The van der Waals surface area contributed by atoms with Gasteiger partial charge in [-0.1, -0.05) is 6.92 Å². The molecule has 0 spiro atoms. The van der Waals surface area contributed by atoms with E-state index in [1.54, 1.807) is 0 Å². The van der Waals surface area contributed by atoms with Gasteiger partial charge in [-0.05, 0) is 18.6 Å². The Labute approximate surface area is 75.6 Å². The monoisotopic (exact) mass is 183 g/mol. The topological polar surface area (TPSA) is 39.2 Å². The van der Waals surface area contributed by atoms with E-state index in [2.05, 4.69) is 4.98 Å². The highest BCUT2D eigenvalue weighted by molar-refractivity contribution is 5.88. The molecule has 0 radical (unpaired) electrons. The van der Waals surface area contributed by atoms with Crippen molar-refractivity contribution < 1.29 is 13.9 Å². The van der Waals surface area contributed by atoms with Gasteiger partial charge in [-0.3, -0.25) is 0 Å². The van der Waals surface area contributed by atoms with Gasteiger partial charge in [0, 0.05) is 6.20 Å². The minimum atomic E-state index is -0.605. The van der Waals surface area contributed by atoms with Crippen LogP contribution in [0.4, 0.5) is 4.39 Å². The first-order chi connectivity index (χ1) is 6.24. The van der Waals surface area contributed by atoms with E-state index in [-0.39, 0.29) is 5.56 Å². The van der Waals surface area contributed by atoms with Gasteiger partial charge < -0.3 is 4.74 Å². The molecule has 0 aromatic carbocycles. The maximum absolute atomic E-state index is 12.3. The third-order valence-electron chi connectivity index (χ3n) is 1.40. The lowest BCUT2D eigenvalue weighted by molar-refractivity contribution is 0.0504. The first-order valence-electron chi connectivity index (χ1n) is 4.02. The lowest BCUT2D eigenvalue weighted by atomic mass is 10.3. The molecule has 0 saturated carbocycles. The van der Waals surface area contributed by atoms with Crippen molar-refractivity contribution in [2.45, 2.75) is 13.3 Å². The zero-order chi connectivity index (χ0) is 9.68. The average molecular weight is 183 g/mol. The zero-order valence-corrected chi connectivity index (χ0v) is 7.29. The van der Waals surface area contributed by atoms with Crippen molar-refractivity contribution >= 4 is 5.97 Å². The Kier molecular flexibility index (Phi) is 3.37. The van der Waals surface area contributed by atoms with Crippen molar-refractivity contribution in [2.75, 3.05) is 6.61 Å². The second-order valence-corrected chi connectivity index (χ2v) is 2.51. The van der Waals surface area contributed by atoms with Gasteiger partial charge in [0.05, 0.1) is 12.2 Å². The summed E-state index contributed by atoms with van der Waals surface area (Å²) < 4.78 is 17.2. The quantitative estimate of drug-likeness (QED) is 0.529. The van der Waals surface area contributed by atoms with Crippen LogP contribution in [0, 0.1) is 5.95 Å². The number of nitrogens with zero attached hydrogens (tertiary/aromatic N) is 1. The van der Waals surface area contributed by atoms with Gasteiger partial charge in [-0.25, -0.2) is 9.78 Å². The van der Waals surface area contributed by atoms with E-state index in [9.17, 15) is 9.18 Å². The molecule has 0 aliphatic heterocycles. The Morgan fingerprint density at radius 2 is 2.38 bits per heavy atom. The first kappa shape index (κ1) is 9.64. The molecule has 70 valence electrons. The Bertz CT molecular complexity index is 284. The van der Waals surface area contributed by atoms with Crippen LogP contribution in [0.2, 0.25) is 0 Å². The smallest absolute Gasteiger partial charge is 0.339 e. The van der Waals surface area contributed by atoms with Crippen molar-refractivity contribution in [3.8, 4) is 0 Å². The van der Waals surface area contributed by atoms with E-state index in [1.165, 1.54) is 6.07 Å². The second kappa shape index (κ2) is 4.54. The second-order valence-electron chi connectivity index (χ2n) is 2.51. The van der Waals surface area contributed by atoms with Crippen LogP contribution in [0.5, 0.6) is 0 Å². The lowest BCUT2D eigenvalue weighted by Gasteiger charge is -2.01. The van der Waals surface area contributed by atoms with Crippen molar-refractivity contribution in [1.29, 1.82) is 0 Å². The van der Waals surface area contributed by atoms with Crippen LogP contribution in [0.15, 0.2) is 18.3 Å². The number of esters is 1. The fraction of sp³-hybridized carbons (Fsp3) is 0.333. The third kappa shape index (κ3) is 2.82. The molecule has 0 unspecified atom stereocenters. The third-order valence-corrected chi connectivity index (χ3v) is 1.40. The highest BCUT2D eigenvalue weighted by Crippen LogP contribution is 2.01. The molecule has 0 saturated heterocycles. The summed E-state index contributed by atoms with van der Waals surface area (Å²) in [5.74, 6) is -1.07. The van der Waals surface area contributed by atoms with E-state index in [4.69, 9.17) is 4.74 Å². The molecule has 0 aliphatic carbocycles. The summed E-state index contributed by atoms with van der Waals surface area (Å²) in [5, 5.41) is 0. The van der Waals surface area contributed by atoms with Crippen molar-refractivity contribution in [3.63, 3.8) is 0 Å². The summed E-state index contributed by atoms with van der Waals surface area (Å²) in [6.45, 7) is 2.27. The Hall–Kier alpha value is -1.45. The summed E-state index contributed by atoms with van der Waals surface area (Å²) >= 11 is 0. The van der Waals surface area contributed by atoms with E-state index >= 15 is 0 Å². The van der Waals surface area contributed by atoms with Gasteiger partial charge in [0.2, 0.25) is 5.95 Å². The van der Waals surface area contributed by atoms with Crippen molar-refractivity contribution in [3.05, 3.63) is 29.8 Å². The molecule has 4 heteroatoms. The highest BCUT2D eigenvalue weighted by Gasteiger charge is 2.06. The van der Waals surface area contributed by atoms with Crippen LogP contribution in [0.25, 0.3) is 0 Å². The molecule has 0 atom stereocenters. The molecule has 0 amide bonds. The van der Waals surface area contributed by atoms with Crippen LogP contribution in [-0.2, 0) is 4.74 Å². The largest absolute Gasteiger partial charge is 0.462 e. The summed E-state index contributed by atoms with van der Waals surface area (Å²) in [7, 11) is 0. The molecule has 0 aliphatic rings. The van der Waals surface area contributed by atoms with Gasteiger partial charge in [-0.2, -0.15) is 4.39 Å². The summed E-state index contributed by atoms with van der Waals surface area (Å²) in [4.78, 5) is 14.5. The van der Waals surface area contributed by atoms with Gasteiger partial charge in [-0.15, -0.1) is 0 Å². The number of carbonyl (C=O) groups excluding carboxylic acids is 1. The minimum absolute atomic E-state index is 0.273. The Balaban J connectivity index is 2.61. The molecule has 1 aromatic heterocycles. The molecular formula is C9H10FNO2. The van der Waals surface area contributed by atoms with E-state index < -0.39 is 11.9 Å². The molecule has 1 heterocycles. The number of rotatable bonds is 3. The standard InChI is InChI=1S/C9H10FNO2/c1-2-5-13-9(12)7-3-4-8(10)11-6-7/h3-4,6H,2,5H2,1H3. The predicted molar refractivity (Wildman–Crippen MR) is 44.8 cm³/mol. The number of pyridine rings is 1. The van der Waals surface area contributed by atoms with Gasteiger partial charge in [0.15, 0.2) is 0 Å². The number of hydrogen-bond donors (Lipinski definition) is 0. The number of ether oxygens (including phenoxy) is 1. The van der Waals surface area contributed by atoms with E-state index in [1.807, 2.05) is 6.92 Å². The first-order valence-corrected chi connectivity index (χ1v) is 4.02. The Morgan fingerprint density at radius 3 is 2.92 bits per heavy atom. The maximum Gasteiger partial charge on any atom is 0.339 e. The molecule has 0 bridgehead atoms. The zero-order valence-electron chi connectivity index (χ0n) is 7.29. The fourth-order valence-electron chi connectivity index (χ4n) is 0.775. The maximum atomic E-state index is 12.3. The number of halogens is 1. The molecule has 1 aromatic rings. The Morgan fingerprint density at radius 1 is 1.62 bits per heavy atom. The minimum Gasteiger partial charge on any atom is -0.462 e. The van der Waals surface area contributed by atoms with Gasteiger partial charge in [0.1, 0.15) is 0 Å². The van der Waals surface area contributed by atoms with E-state index in [0.29, 0.717) is 6.61 Å². The molecule has 1 rings (SSSR count). The molecule has 13 heavy (non-hydrogen) atoms. The molecule has 3 nitrogen and oxygen atoms in total. The van der Waals surface area contributed by atoms with Gasteiger partial charge >= 0.3 is 5.97 Å². The van der Waals surface area contributed by atoms with Crippen LogP contribution >= 0.6 is 0 Å². The average Bonchev–Trinajstić information content (AvgIpc) is 2.15. The molecule has 0 fully saturated rings. The van der Waals surface area contributed by atoms with Crippen LogP contribution in [0.1, 0.15) is 23.7 Å². The SMILES string of the molecule is CCCOC(=O)c1ccc(F)nc1. The predicted octanol–water partition coefficient (Wildman–Crippen LogP) is 1.79. The summed E-state index contributed by atoms with van der Waals surface area (Å²) in [5.41, 5.74) is 0.273.